The molecule has 0 aliphatic carbocycles. The second-order valence-electron chi connectivity index (χ2n) is 11.6. The third-order valence-electron chi connectivity index (χ3n) is 7.73. The van der Waals surface area contributed by atoms with Gasteiger partial charge in [-0.1, -0.05) is 89.0 Å². The van der Waals surface area contributed by atoms with Crippen molar-refractivity contribution in [1.29, 1.82) is 0 Å². The number of nitrogens with one attached hydrogen (secondary N) is 3. The summed E-state index contributed by atoms with van der Waals surface area (Å²) in [6.07, 6.45) is 0. The van der Waals surface area contributed by atoms with E-state index in [0.29, 0.717) is 31.0 Å². The summed E-state index contributed by atoms with van der Waals surface area (Å²) in [7, 11) is 0. The first-order valence-corrected chi connectivity index (χ1v) is 15.5. The Bertz CT molecular complexity index is 1370. The Hall–Kier alpha value is -2.72. The maximum absolute atomic E-state index is 14.7. The van der Waals surface area contributed by atoms with Crippen molar-refractivity contribution in [2.45, 2.75) is 50.9 Å². The first kappa shape index (κ1) is 29.8. The van der Waals surface area contributed by atoms with Crippen molar-refractivity contribution in [3.8, 4) is 5.75 Å². The van der Waals surface area contributed by atoms with E-state index in [-0.39, 0.29) is 35.9 Å². The first-order valence-electron chi connectivity index (χ1n) is 13.9. The van der Waals surface area contributed by atoms with Crippen LogP contribution in [0.3, 0.4) is 0 Å². The molecule has 0 aromatic heterocycles. The second-order valence-corrected chi connectivity index (χ2v) is 13.4. The molecule has 9 heteroatoms. The lowest BCUT2D eigenvalue weighted by Gasteiger charge is -2.38. The van der Waals surface area contributed by atoms with Crippen LogP contribution in [0.25, 0.3) is 0 Å². The zero-order chi connectivity index (χ0) is 29.4. The predicted octanol–water partition coefficient (Wildman–Crippen LogP) is 5.69. The molecule has 2 aliphatic heterocycles. The molecule has 3 N–H and O–H groups in total. The van der Waals surface area contributed by atoms with Crippen LogP contribution in [0.15, 0.2) is 75.7 Å². The third kappa shape index (κ3) is 6.09. The highest BCUT2D eigenvalue weighted by Gasteiger charge is 2.54. The van der Waals surface area contributed by atoms with Gasteiger partial charge in [-0.15, -0.1) is 0 Å². The molecule has 2 aliphatic rings. The van der Waals surface area contributed by atoms with Crippen molar-refractivity contribution in [3.05, 3.63) is 97.9 Å². The summed E-state index contributed by atoms with van der Waals surface area (Å²) in [6.45, 7) is 9.70. The molecule has 2 heterocycles. The summed E-state index contributed by atoms with van der Waals surface area (Å²) in [5.41, 5.74) is 2.41. The van der Waals surface area contributed by atoms with Crippen molar-refractivity contribution in [3.63, 3.8) is 0 Å². The number of benzene rings is 3. The van der Waals surface area contributed by atoms with Crippen molar-refractivity contribution in [2.24, 2.45) is 0 Å². The van der Waals surface area contributed by atoms with E-state index < -0.39 is 5.66 Å². The Labute approximate surface area is 258 Å². The number of ether oxygens (including phenoxy) is 1. The van der Waals surface area contributed by atoms with Gasteiger partial charge in [-0.2, -0.15) is 0 Å². The van der Waals surface area contributed by atoms with Gasteiger partial charge in [-0.3, -0.25) is 20.2 Å². The highest BCUT2D eigenvalue weighted by molar-refractivity contribution is 9.10. The molecular weight excluding hydrogens is 648 g/mol. The van der Waals surface area contributed by atoms with Gasteiger partial charge < -0.3 is 15.0 Å². The van der Waals surface area contributed by atoms with E-state index in [1.165, 1.54) is 0 Å². The number of hydrogen-bond donors (Lipinski definition) is 3. The van der Waals surface area contributed by atoms with E-state index >= 15 is 0 Å². The molecule has 2 saturated heterocycles. The molecule has 0 spiro atoms. The van der Waals surface area contributed by atoms with Gasteiger partial charge in [0, 0.05) is 27.6 Å². The molecule has 0 saturated carbocycles. The topological polar surface area (TPSA) is 82.7 Å². The van der Waals surface area contributed by atoms with Gasteiger partial charge in [0.15, 0.2) is 5.66 Å². The van der Waals surface area contributed by atoms with Crippen molar-refractivity contribution < 1.29 is 14.3 Å². The maximum atomic E-state index is 14.7. The van der Waals surface area contributed by atoms with Crippen LogP contribution in [0.2, 0.25) is 0 Å². The summed E-state index contributed by atoms with van der Waals surface area (Å²) in [5, 5.41) is 10.3. The van der Waals surface area contributed by atoms with Crippen LogP contribution in [-0.4, -0.2) is 43.0 Å². The Morgan fingerprint density at radius 3 is 2.00 bits per heavy atom. The molecule has 2 fully saturated rings. The molecule has 1 unspecified atom stereocenters. The zero-order valence-corrected chi connectivity index (χ0v) is 26.9. The number of carbonyl (C=O) groups is 2. The van der Waals surface area contributed by atoms with Gasteiger partial charge >= 0.3 is 0 Å². The predicted molar refractivity (Wildman–Crippen MR) is 168 cm³/mol. The van der Waals surface area contributed by atoms with Crippen LogP contribution >= 0.6 is 31.9 Å². The molecule has 3 aromatic carbocycles. The van der Waals surface area contributed by atoms with Gasteiger partial charge in [-0.25, -0.2) is 0 Å². The fourth-order valence-electron chi connectivity index (χ4n) is 5.58. The Kier molecular flexibility index (Phi) is 8.62. The molecule has 0 radical (unpaired) electrons. The van der Waals surface area contributed by atoms with E-state index in [0.717, 1.165) is 25.6 Å². The minimum atomic E-state index is -1.35. The lowest BCUT2D eigenvalue weighted by Crippen LogP contribution is -2.62. The molecule has 0 bridgehead atoms. The standard InChI is InChI=1S/C32H36Br2N4O3/c1-5-41-26-18-22(31(2,3)4)10-15-25(26)32(30(40)38-17-16-35-27(39)19-38)36-28(20-6-11-23(33)12-7-20)29(37-32)21-8-13-24(34)14-9-21/h6-15,18,28-29,36-37H,5,16-17,19H2,1-4H3,(H,35,39)/t28-,29+,32?. The van der Waals surface area contributed by atoms with E-state index in [9.17, 15) is 9.59 Å². The maximum Gasteiger partial charge on any atom is 0.263 e. The summed E-state index contributed by atoms with van der Waals surface area (Å²) in [6, 6.07) is 21.9. The number of piperazine rings is 1. The fraction of sp³-hybridized carbons (Fsp3) is 0.375. The summed E-state index contributed by atoms with van der Waals surface area (Å²) < 4.78 is 8.19. The molecule has 216 valence electrons. The number of hydrogen-bond acceptors (Lipinski definition) is 5. The number of amides is 2. The number of carbonyl (C=O) groups excluding carboxylic acids is 2. The van der Waals surface area contributed by atoms with Gasteiger partial charge in [0.05, 0.1) is 25.2 Å². The van der Waals surface area contributed by atoms with E-state index in [1.807, 2.05) is 43.3 Å². The highest BCUT2D eigenvalue weighted by Crippen LogP contribution is 2.45. The summed E-state index contributed by atoms with van der Waals surface area (Å²) in [4.78, 5) is 28.8. The molecular formula is C32H36Br2N4O3. The van der Waals surface area contributed by atoms with Crippen LogP contribution < -0.4 is 20.7 Å². The SMILES string of the molecule is CCOc1cc(C(C)(C)C)ccc1C1(C(=O)N2CCNC(=O)C2)N[C@H](c2ccc(Br)cc2)[C@H](c2ccc(Br)cc2)N1. The van der Waals surface area contributed by atoms with Gasteiger partial charge in [0.2, 0.25) is 5.91 Å². The Morgan fingerprint density at radius 1 is 0.951 bits per heavy atom. The van der Waals surface area contributed by atoms with Crippen LogP contribution in [0.4, 0.5) is 0 Å². The van der Waals surface area contributed by atoms with Crippen LogP contribution in [0, 0.1) is 0 Å². The van der Waals surface area contributed by atoms with Crippen molar-refractivity contribution in [2.75, 3.05) is 26.2 Å². The summed E-state index contributed by atoms with van der Waals surface area (Å²) in [5.74, 6) is 0.263. The van der Waals surface area contributed by atoms with Crippen LogP contribution in [0.5, 0.6) is 5.75 Å². The Balaban J connectivity index is 1.71. The highest BCUT2D eigenvalue weighted by atomic mass is 79.9. The molecule has 5 rings (SSSR count). The minimum absolute atomic E-state index is 0.000112. The summed E-state index contributed by atoms with van der Waals surface area (Å²) >= 11 is 7.11. The number of nitrogens with zero attached hydrogens (tertiary/aromatic N) is 1. The Morgan fingerprint density at radius 2 is 1.51 bits per heavy atom. The van der Waals surface area contributed by atoms with Crippen molar-refractivity contribution in [1.82, 2.24) is 20.9 Å². The molecule has 2 amide bonds. The van der Waals surface area contributed by atoms with Gasteiger partial charge in [-0.05, 0) is 59.4 Å². The van der Waals surface area contributed by atoms with Gasteiger partial charge in [0.1, 0.15) is 5.75 Å². The lowest BCUT2D eigenvalue weighted by atomic mass is 9.84. The average molecular weight is 684 g/mol. The molecule has 7 nitrogen and oxygen atoms in total. The van der Waals surface area contributed by atoms with Crippen molar-refractivity contribution >= 4 is 43.7 Å². The zero-order valence-electron chi connectivity index (χ0n) is 23.8. The number of halogens is 2. The van der Waals surface area contributed by atoms with Gasteiger partial charge in [0.25, 0.3) is 5.91 Å². The van der Waals surface area contributed by atoms with Crippen LogP contribution in [-0.2, 0) is 20.7 Å². The fourth-order valence-corrected chi connectivity index (χ4v) is 6.11. The van der Waals surface area contributed by atoms with E-state index in [4.69, 9.17) is 4.74 Å². The average Bonchev–Trinajstić information content (AvgIpc) is 3.35. The van der Waals surface area contributed by atoms with E-state index in [2.05, 4.69) is 98.9 Å². The number of rotatable bonds is 6. The minimum Gasteiger partial charge on any atom is -0.493 e. The second kappa shape index (κ2) is 11.9. The largest absolute Gasteiger partial charge is 0.493 e. The third-order valence-corrected chi connectivity index (χ3v) is 8.79. The quantitative estimate of drug-likeness (QED) is 0.311. The first-order chi connectivity index (χ1) is 19.5. The normalized spacial score (nSPS) is 22.9. The smallest absolute Gasteiger partial charge is 0.263 e. The molecule has 3 aromatic rings. The van der Waals surface area contributed by atoms with E-state index in [1.54, 1.807) is 4.90 Å². The van der Waals surface area contributed by atoms with Crippen LogP contribution in [0.1, 0.15) is 62.0 Å². The monoisotopic (exact) mass is 682 g/mol. The molecule has 41 heavy (non-hydrogen) atoms. The molecule has 3 atom stereocenters. The lowest BCUT2D eigenvalue weighted by molar-refractivity contribution is -0.144.